The number of halogens is 1. The van der Waals surface area contributed by atoms with Gasteiger partial charge in [-0.05, 0) is 29.7 Å². The number of carbonyl (C=O) groups is 1. The smallest absolute Gasteiger partial charge is 0.226 e. The van der Waals surface area contributed by atoms with Gasteiger partial charge in [-0.25, -0.2) is 4.39 Å². The van der Waals surface area contributed by atoms with Crippen LogP contribution in [0.5, 0.6) is 0 Å². The van der Waals surface area contributed by atoms with Crippen LogP contribution in [-0.2, 0) is 24.3 Å². The summed E-state index contributed by atoms with van der Waals surface area (Å²) in [5, 5.41) is 0. The summed E-state index contributed by atoms with van der Waals surface area (Å²) in [6.45, 7) is 4.25. The first-order valence-electron chi connectivity index (χ1n) is 11.6. The minimum Gasteiger partial charge on any atom is -0.338 e. The Kier molecular flexibility index (Phi) is 7.68. The zero-order valence-electron chi connectivity index (χ0n) is 18.6. The van der Waals surface area contributed by atoms with Gasteiger partial charge in [0.2, 0.25) is 5.91 Å². The molecule has 1 aliphatic rings. The molecule has 1 aliphatic heterocycles. The normalized spacial score (nSPS) is 18.3. The SMILES string of the molecule is O=C(C1CC[NH+](Cc2ccc(F)cc2)CC1)N(CCc1ccccc1)Cc1ccccc1. The Morgan fingerprint density at radius 1 is 0.812 bits per heavy atom. The Morgan fingerprint density at radius 2 is 1.41 bits per heavy atom. The van der Waals surface area contributed by atoms with Crippen LogP contribution in [0, 0.1) is 11.7 Å². The number of nitrogens with zero attached hydrogens (tertiary/aromatic N) is 1. The van der Waals surface area contributed by atoms with Gasteiger partial charge in [-0.3, -0.25) is 4.79 Å². The molecule has 4 rings (SSSR count). The molecule has 0 saturated carbocycles. The van der Waals surface area contributed by atoms with Crippen molar-refractivity contribution in [3.8, 4) is 0 Å². The highest BCUT2D eigenvalue weighted by Gasteiger charge is 2.30. The third kappa shape index (κ3) is 6.27. The van der Waals surface area contributed by atoms with Gasteiger partial charge in [-0.2, -0.15) is 0 Å². The van der Waals surface area contributed by atoms with Crippen molar-refractivity contribution in [1.29, 1.82) is 0 Å². The maximum absolute atomic E-state index is 13.5. The number of hydrogen-bond donors (Lipinski definition) is 1. The van der Waals surface area contributed by atoms with E-state index in [0.717, 1.165) is 51.0 Å². The van der Waals surface area contributed by atoms with E-state index in [-0.39, 0.29) is 17.6 Å². The Labute approximate surface area is 190 Å². The Hall–Kier alpha value is -2.98. The van der Waals surface area contributed by atoms with E-state index in [4.69, 9.17) is 0 Å². The number of piperidine rings is 1. The molecule has 1 saturated heterocycles. The Morgan fingerprint density at radius 3 is 2.03 bits per heavy atom. The molecule has 3 aromatic carbocycles. The molecule has 1 heterocycles. The van der Waals surface area contributed by atoms with Crippen molar-refractivity contribution in [2.24, 2.45) is 5.92 Å². The molecular formula is C28H32FN2O+. The monoisotopic (exact) mass is 431 g/mol. The number of carbonyl (C=O) groups excluding carboxylic acids is 1. The third-order valence-electron chi connectivity index (χ3n) is 6.45. The molecule has 0 spiro atoms. The lowest BCUT2D eigenvalue weighted by Crippen LogP contribution is -3.11. The first-order chi connectivity index (χ1) is 15.7. The fourth-order valence-electron chi connectivity index (χ4n) is 4.58. The molecule has 1 fully saturated rings. The van der Waals surface area contributed by atoms with Crippen molar-refractivity contribution in [3.63, 3.8) is 0 Å². The highest BCUT2D eigenvalue weighted by Crippen LogP contribution is 2.17. The van der Waals surface area contributed by atoms with Crippen LogP contribution in [0.25, 0.3) is 0 Å². The van der Waals surface area contributed by atoms with E-state index < -0.39 is 0 Å². The average molecular weight is 432 g/mol. The lowest BCUT2D eigenvalue weighted by atomic mass is 9.94. The summed E-state index contributed by atoms with van der Waals surface area (Å²) in [5.74, 6) is 0.180. The van der Waals surface area contributed by atoms with Crippen LogP contribution in [0.1, 0.15) is 29.5 Å². The predicted molar refractivity (Wildman–Crippen MR) is 126 cm³/mol. The summed E-state index contributed by atoms with van der Waals surface area (Å²) >= 11 is 0. The van der Waals surface area contributed by atoms with Gasteiger partial charge in [0.1, 0.15) is 12.4 Å². The number of hydrogen-bond acceptors (Lipinski definition) is 1. The van der Waals surface area contributed by atoms with Crippen LogP contribution in [0.2, 0.25) is 0 Å². The van der Waals surface area contributed by atoms with E-state index in [0.29, 0.717) is 6.54 Å². The zero-order valence-corrected chi connectivity index (χ0v) is 18.6. The summed E-state index contributed by atoms with van der Waals surface area (Å²) in [7, 11) is 0. The second-order valence-electron chi connectivity index (χ2n) is 8.81. The van der Waals surface area contributed by atoms with E-state index in [1.54, 1.807) is 0 Å². The quantitative estimate of drug-likeness (QED) is 0.575. The van der Waals surface area contributed by atoms with Crippen LogP contribution in [-0.4, -0.2) is 30.4 Å². The van der Waals surface area contributed by atoms with Crippen molar-refractivity contribution in [2.45, 2.75) is 32.4 Å². The number of rotatable bonds is 8. The highest BCUT2D eigenvalue weighted by atomic mass is 19.1. The van der Waals surface area contributed by atoms with Crippen molar-refractivity contribution in [3.05, 3.63) is 107 Å². The van der Waals surface area contributed by atoms with Gasteiger partial charge in [-0.1, -0.05) is 72.8 Å². The van der Waals surface area contributed by atoms with Gasteiger partial charge in [0.25, 0.3) is 0 Å². The number of likely N-dealkylation sites (tertiary alicyclic amines) is 1. The molecule has 0 aliphatic carbocycles. The van der Waals surface area contributed by atoms with Crippen molar-refractivity contribution in [1.82, 2.24) is 4.90 Å². The number of benzene rings is 3. The van der Waals surface area contributed by atoms with Crippen LogP contribution in [0.4, 0.5) is 4.39 Å². The molecule has 3 nitrogen and oxygen atoms in total. The summed E-state index contributed by atoms with van der Waals surface area (Å²) in [4.78, 5) is 17.0. The maximum atomic E-state index is 13.5. The minimum absolute atomic E-state index is 0.0893. The molecule has 4 heteroatoms. The second-order valence-corrected chi connectivity index (χ2v) is 8.81. The molecular weight excluding hydrogens is 399 g/mol. The summed E-state index contributed by atoms with van der Waals surface area (Å²) in [5.41, 5.74) is 3.59. The molecule has 0 unspecified atom stereocenters. The fourth-order valence-corrected chi connectivity index (χ4v) is 4.58. The van der Waals surface area contributed by atoms with Gasteiger partial charge < -0.3 is 9.80 Å². The molecule has 3 aromatic rings. The average Bonchev–Trinajstić information content (AvgIpc) is 2.84. The van der Waals surface area contributed by atoms with Crippen LogP contribution in [0.15, 0.2) is 84.9 Å². The van der Waals surface area contributed by atoms with Gasteiger partial charge in [0.15, 0.2) is 0 Å². The van der Waals surface area contributed by atoms with Crippen molar-refractivity contribution >= 4 is 5.91 Å². The van der Waals surface area contributed by atoms with Gasteiger partial charge in [0.05, 0.1) is 13.1 Å². The number of quaternary nitrogens is 1. The van der Waals surface area contributed by atoms with Crippen LogP contribution < -0.4 is 4.90 Å². The largest absolute Gasteiger partial charge is 0.338 e. The van der Waals surface area contributed by atoms with Crippen LogP contribution in [0.3, 0.4) is 0 Å². The molecule has 0 atom stereocenters. The van der Waals surface area contributed by atoms with E-state index >= 15 is 0 Å². The Balaban J connectivity index is 1.36. The molecule has 0 aromatic heterocycles. The molecule has 0 radical (unpaired) electrons. The van der Waals surface area contributed by atoms with E-state index in [1.165, 1.54) is 28.2 Å². The topological polar surface area (TPSA) is 24.8 Å². The minimum atomic E-state index is -0.193. The zero-order chi connectivity index (χ0) is 22.2. The summed E-state index contributed by atoms with van der Waals surface area (Å²) < 4.78 is 13.2. The molecule has 0 bridgehead atoms. The lowest BCUT2D eigenvalue weighted by molar-refractivity contribution is -0.919. The predicted octanol–water partition coefficient (Wildman–Crippen LogP) is 3.89. The third-order valence-corrected chi connectivity index (χ3v) is 6.45. The first-order valence-corrected chi connectivity index (χ1v) is 11.6. The van der Waals surface area contributed by atoms with Crippen molar-refractivity contribution < 1.29 is 14.1 Å². The van der Waals surface area contributed by atoms with Crippen LogP contribution >= 0.6 is 0 Å². The highest BCUT2D eigenvalue weighted by molar-refractivity contribution is 5.79. The first kappa shape index (κ1) is 22.2. The summed E-state index contributed by atoms with van der Waals surface area (Å²) in [6.07, 6.45) is 2.69. The number of nitrogens with one attached hydrogen (secondary N) is 1. The lowest BCUT2D eigenvalue weighted by Gasteiger charge is -2.32. The van der Waals surface area contributed by atoms with E-state index in [9.17, 15) is 9.18 Å². The number of amides is 1. The summed E-state index contributed by atoms with van der Waals surface area (Å²) in [6, 6.07) is 27.4. The van der Waals surface area contributed by atoms with E-state index in [1.807, 2.05) is 36.4 Å². The van der Waals surface area contributed by atoms with Gasteiger partial charge in [-0.15, -0.1) is 0 Å². The second kappa shape index (κ2) is 11.1. The Bertz CT molecular complexity index is 967. The molecule has 1 amide bonds. The van der Waals surface area contributed by atoms with Crippen molar-refractivity contribution in [2.75, 3.05) is 19.6 Å². The fraction of sp³-hybridized carbons (Fsp3) is 0.321. The molecule has 32 heavy (non-hydrogen) atoms. The van der Waals surface area contributed by atoms with E-state index in [2.05, 4.69) is 41.3 Å². The van der Waals surface area contributed by atoms with Gasteiger partial charge >= 0.3 is 0 Å². The van der Waals surface area contributed by atoms with Gasteiger partial charge in [0, 0.05) is 37.4 Å². The molecule has 166 valence electrons. The maximum Gasteiger partial charge on any atom is 0.226 e. The molecule has 1 N–H and O–H groups in total. The standard InChI is InChI=1S/C28H31FN2O/c29-27-13-11-25(12-14-27)21-30-18-16-26(17-19-30)28(32)31(22-24-9-5-2-6-10-24)20-15-23-7-3-1-4-8-23/h1-14,26H,15-22H2/p+1.